The lowest BCUT2D eigenvalue weighted by atomic mass is 10.0. The molecule has 0 rings (SSSR count). The third kappa shape index (κ3) is 51.3. The minimum absolute atomic E-state index is 0.0629. The lowest BCUT2D eigenvalue weighted by Crippen LogP contribution is -2.30. The molecule has 0 aliphatic heterocycles. The number of unbranched alkanes of at least 4 members (excludes halogenated alkanes) is 36. The van der Waals surface area contributed by atoms with Gasteiger partial charge in [-0.15, -0.1) is 0 Å². The normalized spacial score (nSPS) is 12.0. The second kappa shape index (κ2) is 49.8. The quantitative estimate of drug-likeness (QED) is 0.0344. The third-order valence-electron chi connectivity index (χ3n) is 13.0. The molecule has 6 heteroatoms. The zero-order valence-corrected chi connectivity index (χ0v) is 43.2. The molecule has 0 aliphatic carbocycles. The van der Waals surface area contributed by atoms with Crippen LogP contribution in [-0.4, -0.2) is 37.2 Å². The fourth-order valence-corrected chi connectivity index (χ4v) is 8.70. The SMILES string of the molecule is CCCCCCCCCCCCCCC(=O)OC[C@H](COC(=O)CCCCCCCCCCCCCCCCCCC(C)C)OC(=O)CCCCCCCCCCCCCC(C)C. The van der Waals surface area contributed by atoms with Crippen LogP contribution in [0.5, 0.6) is 0 Å². The van der Waals surface area contributed by atoms with Crippen molar-refractivity contribution in [2.45, 2.75) is 323 Å². The number of hydrogen-bond acceptors (Lipinski definition) is 6. The second-order valence-electron chi connectivity index (χ2n) is 20.5. The first-order valence-electron chi connectivity index (χ1n) is 28.2. The van der Waals surface area contributed by atoms with Crippen LogP contribution < -0.4 is 0 Å². The maximum atomic E-state index is 12.8. The Kier molecular flexibility index (Phi) is 48.6. The molecule has 0 bridgehead atoms. The van der Waals surface area contributed by atoms with Gasteiger partial charge in [0.15, 0.2) is 6.10 Å². The van der Waals surface area contributed by atoms with Gasteiger partial charge in [-0.05, 0) is 31.1 Å². The Morgan fingerprint density at radius 3 is 0.778 bits per heavy atom. The summed E-state index contributed by atoms with van der Waals surface area (Å²) in [6.07, 6.45) is 52.3. The summed E-state index contributed by atoms with van der Waals surface area (Å²) in [7, 11) is 0. The van der Waals surface area contributed by atoms with Gasteiger partial charge >= 0.3 is 17.9 Å². The van der Waals surface area contributed by atoms with Crippen molar-refractivity contribution in [3.63, 3.8) is 0 Å². The largest absolute Gasteiger partial charge is 0.462 e. The van der Waals surface area contributed by atoms with Crippen LogP contribution in [0.1, 0.15) is 317 Å². The highest BCUT2D eigenvalue weighted by Gasteiger charge is 2.19. The number of rotatable bonds is 51. The Morgan fingerprint density at radius 2 is 0.524 bits per heavy atom. The van der Waals surface area contributed by atoms with Crippen molar-refractivity contribution >= 4 is 17.9 Å². The van der Waals surface area contributed by atoms with Gasteiger partial charge in [0.05, 0.1) is 0 Å². The molecule has 0 amide bonds. The van der Waals surface area contributed by atoms with Gasteiger partial charge in [-0.3, -0.25) is 14.4 Å². The second-order valence-corrected chi connectivity index (χ2v) is 20.5. The van der Waals surface area contributed by atoms with Crippen LogP contribution in [0.4, 0.5) is 0 Å². The van der Waals surface area contributed by atoms with Gasteiger partial charge in [0.25, 0.3) is 0 Å². The van der Waals surface area contributed by atoms with Crippen LogP contribution in [0.15, 0.2) is 0 Å². The van der Waals surface area contributed by atoms with E-state index in [4.69, 9.17) is 14.2 Å². The standard InChI is InChI=1S/C57H110O6/c1-6-7-8-9-10-11-12-22-27-32-37-42-47-55(58)61-50-54(63-57(60)49-44-39-34-29-24-19-21-26-31-36-41-46-53(4)5)51-62-56(59)48-43-38-33-28-23-18-16-14-13-15-17-20-25-30-35-40-45-52(2)3/h52-54H,6-51H2,1-5H3/t54-/m1/s1. The summed E-state index contributed by atoms with van der Waals surface area (Å²) in [5.74, 6) is 0.836. The van der Waals surface area contributed by atoms with Crippen molar-refractivity contribution in [2.75, 3.05) is 13.2 Å². The zero-order valence-electron chi connectivity index (χ0n) is 43.2. The van der Waals surface area contributed by atoms with Gasteiger partial charge in [0, 0.05) is 19.3 Å². The Labute approximate surface area is 393 Å². The van der Waals surface area contributed by atoms with Crippen LogP contribution in [0, 0.1) is 11.8 Å². The molecule has 1 atom stereocenters. The lowest BCUT2D eigenvalue weighted by Gasteiger charge is -2.18. The lowest BCUT2D eigenvalue weighted by molar-refractivity contribution is -0.167. The van der Waals surface area contributed by atoms with Crippen molar-refractivity contribution in [1.82, 2.24) is 0 Å². The van der Waals surface area contributed by atoms with Gasteiger partial charge in [0.1, 0.15) is 13.2 Å². The molecule has 374 valence electrons. The fourth-order valence-electron chi connectivity index (χ4n) is 8.70. The molecule has 0 unspecified atom stereocenters. The third-order valence-corrected chi connectivity index (χ3v) is 13.0. The van der Waals surface area contributed by atoms with Crippen LogP contribution in [0.2, 0.25) is 0 Å². The van der Waals surface area contributed by atoms with Gasteiger partial charge in [-0.25, -0.2) is 0 Å². The van der Waals surface area contributed by atoms with Crippen molar-refractivity contribution in [3.05, 3.63) is 0 Å². The van der Waals surface area contributed by atoms with E-state index in [1.807, 2.05) is 0 Å². The van der Waals surface area contributed by atoms with Gasteiger partial charge in [0.2, 0.25) is 0 Å². The zero-order chi connectivity index (χ0) is 46.1. The minimum atomic E-state index is -0.762. The molecular weight excluding hydrogens is 781 g/mol. The van der Waals surface area contributed by atoms with E-state index in [1.54, 1.807) is 0 Å². The minimum Gasteiger partial charge on any atom is -0.462 e. The van der Waals surface area contributed by atoms with E-state index >= 15 is 0 Å². The van der Waals surface area contributed by atoms with E-state index in [1.165, 1.54) is 205 Å². The monoisotopic (exact) mass is 891 g/mol. The molecule has 63 heavy (non-hydrogen) atoms. The Balaban J connectivity index is 4.26. The predicted octanol–water partition coefficient (Wildman–Crippen LogP) is 18.5. The molecule has 0 saturated carbocycles. The topological polar surface area (TPSA) is 78.9 Å². The first kappa shape index (κ1) is 61.4. The van der Waals surface area contributed by atoms with Crippen LogP contribution in [0.25, 0.3) is 0 Å². The molecule has 0 spiro atoms. The summed E-state index contributed by atoms with van der Waals surface area (Å²) in [6, 6.07) is 0. The average molecular weight is 892 g/mol. The van der Waals surface area contributed by atoms with E-state index in [0.29, 0.717) is 19.3 Å². The summed E-state index contributed by atoms with van der Waals surface area (Å²) in [5.41, 5.74) is 0. The average Bonchev–Trinajstić information content (AvgIpc) is 3.25. The Hall–Kier alpha value is -1.59. The van der Waals surface area contributed by atoms with E-state index in [9.17, 15) is 14.4 Å². The number of hydrogen-bond donors (Lipinski definition) is 0. The van der Waals surface area contributed by atoms with E-state index in [0.717, 1.165) is 69.6 Å². The first-order chi connectivity index (χ1) is 30.7. The molecule has 6 nitrogen and oxygen atoms in total. The molecule has 0 aromatic heterocycles. The highest BCUT2D eigenvalue weighted by atomic mass is 16.6. The Bertz CT molecular complexity index is 962. The van der Waals surface area contributed by atoms with Gasteiger partial charge < -0.3 is 14.2 Å². The van der Waals surface area contributed by atoms with Crippen LogP contribution in [-0.2, 0) is 28.6 Å². The molecule has 0 aliphatic rings. The molecule has 0 aromatic rings. The molecular formula is C57H110O6. The highest BCUT2D eigenvalue weighted by molar-refractivity contribution is 5.71. The van der Waals surface area contributed by atoms with Crippen molar-refractivity contribution in [1.29, 1.82) is 0 Å². The van der Waals surface area contributed by atoms with Crippen LogP contribution >= 0.6 is 0 Å². The summed E-state index contributed by atoms with van der Waals surface area (Å²) < 4.78 is 16.9. The number of ether oxygens (including phenoxy) is 3. The molecule has 0 heterocycles. The summed E-state index contributed by atoms with van der Waals surface area (Å²) >= 11 is 0. The highest BCUT2D eigenvalue weighted by Crippen LogP contribution is 2.18. The number of carbonyl (C=O) groups excluding carboxylic acids is 3. The smallest absolute Gasteiger partial charge is 0.306 e. The van der Waals surface area contributed by atoms with Gasteiger partial charge in [-0.1, -0.05) is 279 Å². The summed E-state index contributed by atoms with van der Waals surface area (Å²) in [5, 5.41) is 0. The number of esters is 3. The van der Waals surface area contributed by atoms with E-state index in [2.05, 4.69) is 34.6 Å². The van der Waals surface area contributed by atoms with E-state index < -0.39 is 6.10 Å². The molecule has 0 radical (unpaired) electrons. The maximum Gasteiger partial charge on any atom is 0.306 e. The van der Waals surface area contributed by atoms with Crippen LogP contribution in [0.3, 0.4) is 0 Å². The van der Waals surface area contributed by atoms with Crippen molar-refractivity contribution in [2.24, 2.45) is 11.8 Å². The summed E-state index contributed by atoms with van der Waals surface area (Å²) in [6.45, 7) is 11.4. The first-order valence-corrected chi connectivity index (χ1v) is 28.2. The van der Waals surface area contributed by atoms with E-state index in [-0.39, 0.29) is 31.1 Å². The van der Waals surface area contributed by atoms with Crippen molar-refractivity contribution < 1.29 is 28.6 Å². The molecule has 0 saturated heterocycles. The fraction of sp³-hybridized carbons (Fsp3) is 0.947. The maximum absolute atomic E-state index is 12.8. The molecule has 0 N–H and O–H groups in total. The van der Waals surface area contributed by atoms with Gasteiger partial charge in [-0.2, -0.15) is 0 Å². The summed E-state index contributed by atoms with van der Waals surface area (Å²) in [4.78, 5) is 38.1. The van der Waals surface area contributed by atoms with Crippen molar-refractivity contribution in [3.8, 4) is 0 Å². The molecule has 0 fully saturated rings. The number of carbonyl (C=O) groups is 3. The molecule has 0 aromatic carbocycles. The Morgan fingerprint density at radius 1 is 0.302 bits per heavy atom. The predicted molar refractivity (Wildman–Crippen MR) is 270 cm³/mol.